The van der Waals surface area contributed by atoms with Crippen molar-refractivity contribution in [3.63, 3.8) is 0 Å². The van der Waals surface area contributed by atoms with E-state index in [0.717, 1.165) is 23.3 Å². The molecule has 0 saturated carbocycles. The summed E-state index contributed by atoms with van der Waals surface area (Å²) in [4.78, 5) is 45.3. The number of aryl methyl sites for hydroxylation is 3. The Morgan fingerprint density at radius 2 is 1.79 bits per heavy atom. The summed E-state index contributed by atoms with van der Waals surface area (Å²) in [7, 11) is 0. The van der Waals surface area contributed by atoms with Gasteiger partial charge in [0.2, 0.25) is 0 Å². The highest BCUT2D eigenvalue weighted by Crippen LogP contribution is 2.44. The van der Waals surface area contributed by atoms with Crippen molar-refractivity contribution in [3.05, 3.63) is 80.9 Å². The number of esters is 1. The predicted octanol–water partition coefficient (Wildman–Crippen LogP) is 5.66. The molecule has 1 amide bonds. The largest absolute Gasteiger partial charge is 0.507 e. The molecule has 0 radical (unpaired) electrons. The quantitative estimate of drug-likeness (QED) is 0.172. The van der Waals surface area contributed by atoms with Gasteiger partial charge in [-0.15, -0.1) is 0 Å². The summed E-state index contributed by atoms with van der Waals surface area (Å²) in [6.07, 6.45) is 0.856. The molecule has 4 rings (SSSR count). The van der Waals surface area contributed by atoms with Crippen LogP contribution < -0.4 is 9.64 Å². The lowest BCUT2D eigenvalue weighted by molar-refractivity contribution is -0.132. The lowest BCUT2D eigenvalue weighted by Gasteiger charge is -2.23. The third-order valence-corrected chi connectivity index (χ3v) is 7.35. The van der Waals surface area contributed by atoms with Gasteiger partial charge in [0.1, 0.15) is 16.4 Å². The average molecular weight is 535 g/mol. The molecule has 8 nitrogen and oxygen atoms in total. The van der Waals surface area contributed by atoms with Crippen LogP contribution in [0.4, 0.5) is 5.13 Å². The fourth-order valence-corrected chi connectivity index (χ4v) is 5.31. The lowest BCUT2D eigenvalue weighted by Crippen LogP contribution is -2.29. The Hall–Kier alpha value is -3.98. The summed E-state index contributed by atoms with van der Waals surface area (Å²) in [5, 5.41) is 11.7. The van der Waals surface area contributed by atoms with E-state index in [9.17, 15) is 19.5 Å². The smallest absolute Gasteiger partial charge is 0.350 e. The standard InChI is InChI=1S/C29H30N2O6S/c1-6-14-37-20-12-13-21(17(4)15-20)24(32)22-23(19-10-8-16(3)9-11-19)31(27(34)25(22)33)29-30-18(5)26(38-29)28(35)36-7-2/h8-13,15,23,32H,6-7,14H2,1-5H3/t23-/m0/s1. The van der Waals surface area contributed by atoms with Gasteiger partial charge in [-0.1, -0.05) is 48.1 Å². The number of rotatable bonds is 8. The molecule has 9 heteroatoms. The van der Waals surface area contributed by atoms with E-state index >= 15 is 0 Å². The van der Waals surface area contributed by atoms with Crippen LogP contribution in [-0.2, 0) is 14.3 Å². The fraction of sp³-hybridized carbons (Fsp3) is 0.310. The highest BCUT2D eigenvalue weighted by Gasteiger charge is 2.48. The summed E-state index contributed by atoms with van der Waals surface area (Å²) >= 11 is 0.981. The van der Waals surface area contributed by atoms with Crippen LogP contribution >= 0.6 is 11.3 Å². The number of hydrogen-bond donors (Lipinski definition) is 1. The van der Waals surface area contributed by atoms with Crippen LogP contribution in [0.25, 0.3) is 5.76 Å². The minimum Gasteiger partial charge on any atom is -0.507 e. The van der Waals surface area contributed by atoms with Gasteiger partial charge in [-0.2, -0.15) is 0 Å². The van der Waals surface area contributed by atoms with Gasteiger partial charge >= 0.3 is 11.9 Å². The molecule has 2 aromatic carbocycles. The van der Waals surface area contributed by atoms with Crippen LogP contribution in [-0.4, -0.2) is 41.0 Å². The number of aliphatic hydroxyl groups is 1. The van der Waals surface area contributed by atoms with Crippen molar-refractivity contribution in [2.24, 2.45) is 0 Å². The maximum Gasteiger partial charge on any atom is 0.350 e. The normalized spacial score (nSPS) is 16.7. The van der Waals surface area contributed by atoms with Crippen molar-refractivity contribution >= 4 is 39.9 Å². The first-order valence-corrected chi connectivity index (χ1v) is 13.2. The summed E-state index contributed by atoms with van der Waals surface area (Å²) in [6, 6.07) is 11.6. The van der Waals surface area contributed by atoms with Crippen LogP contribution in [0.3, 0.4) is 0 Å². The number of hydrogen-bond acceptors (Lipinski definition) is 8. The summed E-state index contributed by atoms with van der Waals surface area (Å²) in [5.41, 5.74) is 3.09. The number of ether oxygens (including phenoxy) is 2. The van der Waals surface area contributed by atoms with Gasteiger partial charge in [0.15, 0.2) is 5.13 Å². The highest BCUT2D eigenvalue weighted by molar-refractivity contribution is 7.17. The Morgan fingerprint density at radius 3 is 2.42 bits per heavy atom. The maximum absolute atomic E-state index is 13.5. The van der Waals surface area contributed by atoms with E-state index in [2.05, 4.69) is 4.98 Å². The van der Waals surface area contributed by atoms with Crippen LogP contribution in [0.1, 0.15) is 63.9 Å². The van der Waals surface area contributed by atoms with Crippen LogP contribution in [0.5, 0.6) is 5.75 Å². The molecule has 38 heavy (non-hydrogen) atoms. The Morgan fingerprint density at radius 1 is 1.08 bits per heavy atom. The molecule has 3 aromatic rings. The van der Waals surface area contributed by atoms with Gasteiger partial charge in [-0.3, -0.25) is 14.5 Å². The minimum absolute atomic E-state index is 0.0466. The molecule has 198 valence electrons. The van der Waals surface area contributed by atoms with E-state index in [1.165, 1.54) is 4.90 Å². The Kier molecular flexibility index (Phi) is 7.97. The second-order valence-electron chi connectivity index (χ2n) is 9.04. The number of amides is 1. The molecular formula is C29H30N2O6S. The van der Waals surface area contributed by atoms with Gasteiger partial charge in [0.25, 0.3) is 5.78 Å². The molecule has 2 heterocycles. The number of aliphatic hydroxyl groups excluding tert-OH is 1. The third-order valence-electron chi connectivity index (χ3n) is 6.22. The van der Waals surface area contributed by atoms with E-state index in [1.54, 1.807) is 39.0 Å². The minimum atomic E-state index is -0.938. The number of thiazole rings is 1. The van der Waals surface area contributed by atoms with Crippen LogP contribution in [0.2, 0.25) is 0 Å². The Balaban J connectivity index is 1.87. The molecule has 0 aliphatic carbocycles. The number of anilines is 1. The second-order valence-corrected chi connectivity index (χ2v) is 10.0. The summed E-state index contributed by atoms with van der Waals surface area (Å²) in [6.45, 7) is 9.86. The van der Waals surface area contributed by atoms with Gasteiger partial charge in [0.05, 0.1) is 30.5 Å². The maximum atomic E-state index is 13.5. The van der Waals surface area contributed by atoms with E-state index in [1.807, 2.05) is 38.1 Å². The zero-order chi connectivity index (χ0) is 27.6. The lowest BCUT2D eigenvalue weighted by atomic mass is 9.93. The van der Waals surface area contributed by atoms with E-state index in [4.69, 9.17) is 9.47 Å². The van der Waals surface area contributed by atoms with E-state index < -0.39 is 23.7 Å². The zero-order valence-electron chi connectivity index (χ0n) is 22.0. The molecule has 0 unspecified atom stereocenters. The SMILES string of the molecule is CCCOc1ccc(C(O)=C2C(=O)C(=O)N(c3nc(C)c(C(=O)OCC)s3)[C@H]2c2ccc(C)cc2)c(C)c1. The number of ketones is 1. The molecule has 0 spiro atoms. The zero-order valence-corrected chi connectivity index (χ0v) is 22.8. The van der Waals surface area contributed by atoms with Gasteiger partial charge < -0.3 is 14.6 Å². The topological polar surface area (TPSA) is 106 Å². The Labute approximate surface area is 225 Å². The van der Waals surface area contributed by atoms with Crippen LogP contribution in [0, 0.1) is 20.8 Å². The molecule has 1 aliphatic rings. The van der Waals surface area contributed by atoms with Crippen molar-refractivity contribution in [2.45, 2.75) is 47.1 Å². The Bertz CT molecular complexity index is 1420. The first kappa shape index (κ1) is 27.1. The molecule has 0 bridgehead atoms. The number of carbonyl (C=O) groups is 3. The van der Waals surface area contributed by atoms with Crippen molar-refractivity contribution < 1.29 is 29.0 Å². The molecule has 1 N–H and O–H groups in total. The number of nitrogens with zero attached hydrogens (tertiary/aromatic N) is 2. The van der Waals surface area contributed by atoms with Crippen molar-refractivity contribution in [1.29, 1.82) is 0 Å². The monoisotopic (exact) mass is 534 g/mol. The second kappa shape index (κ2) is 11.2. The molecule has 1 saturated heterocycles. The third kappa shape index (κ3) is 5.06. The number of benzene rings is 2. The molecular weight excluding hydrogens is 504 g/mol. The number of aromatic nitrogens is 1. The first-order valence-electron chi connectivity index (χ1n) is 12.4. The van der Waals surface area contributed by atoms with Gasteiger partial charge in [-0.25, -0.2) is 9.78 Å². The van der Waals surface area contributed by atoms with Gasteiger partial charge in [-0.05, 0) is 63.4 Å². The van der Waals surface area contributed by atoms with Gasteiger partial charge in [0, 0.05) is 5.56 Å². The predicted molar refractivity (Wildman–Crippen MR) is 146 cm³/mol. The molecule has 1 fully saturated rings. The highest BCUT2D eigenvalue weighted by atomic mass is 32.1. The van der Waals surface area contributed by atoms with Crippen molar-refractivity contribution in [1.82, 2.24) is 4.98 Å². The molecule has 1 aromatic heterocycles. The molecule has 1 aliphatic heterocycles. The average Bonchev–Trinajstić information content (AvgIpc) is 3.39. The van der Waals surface area contributed by atoms with Crippen LogP contribution in [0.15, 0.2) is 48.0 Å². The molecule has 1 atom stereocenters. The summed E-state index contributed by atoms with van der Waals surface area (Å²) in [5.74, 6) is -1.83. The fourth-order valence-electron chi connectivity index (χ4n) is 4.32. The number of Topliss-reactive ketones (excluding diaryl/α,β-unsaturated/α-hetero) is 1. The van der Waals surface area contributed by atoms with E-state index in [0.29, 0.717) is 34.7 Å². The number of carbonyl (C=O) groups excluding carboxylic acids is 3. The van der Waals surface area contributed by atoms with Crippen molar-refractivity contribution in [3.8, 4) is 5.75 Å². The van der Waals surface area contributed by atoms with E-state index in [-0.39, 0.29) is 27.9 Å². The summed E-state index contributed by atoms with van der Waals surface area (Å²) < 4.78 is 10.8. The first-order chi connectivity index (χ1) is 18.2. The van der Waals surface area contributed by atoms with Crippen molar-refractivity contribution in [2.75, 3.05) is 18.1 Å².